The molecule has 1 aromatic heterocycles. The maximum absolute atomic E-state index is 13.3. The molecule has 0 bridgehead atoms. The second-order valence-electron chi connectivity index (χ2n) is 8.13. The predicted molar refractivity (Wildman–Crippen MR) is 124 cm³/mol. The number of carbonyl (C=O) groups excluding carboxylic acids is 2. The van der Waals surface area contributed by atoms with Gasteiger partial charge in [-0.3, -0.25) is 19.5 Å². The van der Waals surface area contributed by atoms with Gasteiger partial charge < -0.3 is 19.3 Å². The molecule has 2 aliphatic heterocycles. The highest BCUT2D eigenvalue weighted by atomic mass is 16.7. The van der Waals surface area contributed by atoms with Gasteiger partial charge in [0.2, 0.25) is 6.79 Å². The summed E-state index contributed by atoms with van der Waals surface area (Å²) in [6.07, 6.45) is 3.18. The number of rotatable bonds is 4. The molecule has 1 unspecified atom stereocenters. The Morgan fingerprint density at radius 3 is 2.62 bits per heavy atom. The summed E-state index contributed by atoms with van der Waals surface area (Å²) in [5, 5.41) is 11.4. The van der Waals surface area contributed by atoms with E-state index < -0.39 is 17.7 Å². The second kappa shape index (κ2) is 8.22. The predicted octanol–water partition coefficient (Wildman–Crippen LogP) is 4.06. The molecule has 0 aliphatic carbocycles. The zero-order valence-corrected chi connectivity index (χ0v) is 18.9. The van der Waals surface area contributed by atoms with Gasteiger partial charge in [0.1, 0.15) is 11.5 Å². The number of fused-ring (bicyclic) bond motifs is 1. The minimum Gasteiger partial charge on any atom is -0.507 e. The molecule has 1 N–H and O–H groups in total. The first-order chi connectivity index (χ1) is 16.4. The first-order valence-corrected chi connectivity index (χ1v) is 10.7. The summed E-state index contributed by atoms with van der Waals surface area (Å²) < 4.78 is 16.2. The van der Waals surface area contributed by atoms with Crippen molar-refractivity contribution in [2.75, 3.05) is 18.8 Å². The first-order valence-electron chi connectivity index (χ1n) is 10.7. The van der Waals surface area contributed by atoms with Crippen LogP contribution in [0.5, 0.6) is 17.2 Å². The van der Waals surface area contributed by atoms with E-state index in [2.05, 4.69) is 4.98 Å². The molecule has 2 aromatic carbocycles. The molecule has 1 atom stereocenters. The van der Waals surface area contributed by atoms with Crippen molar-refractivity contribution in [3.05, 3.63) is 82.7 Å². The fraction of sp³-hybridized carbons (Fsp3) is 0.192. The number of hydrogen-bond donors (Lipinski definition) is 1. The van der Waals surface area contributed by atoms with E-state index in [1.165, 1.54) is 4.90 Å². The Labute approximate surface area is 196 Å². The van der Waals surface area contributed by atoms with Crippen molar-refractivity contribution in [3.63, 3.8) is 0 Å². The van der Waals surface area contributed by atoms with E-state index in [4.69, 9.17) is 14.2 Å². The average molecular weight is 458 g/mol. The number of aryl methyl sites for hydroxylation is 2. The van der Waals surface area contributed by atoms with Gasteiger partial charge in [0.15, 0.2) is 11.5 Å². The molecule has 8 heteroatoms. The van der Waals surface area contributed by atoms with Crippen LogP contribution in [0.15, 0.2) is 60.4 Å². The van der Waals surface area contributed by atoms with Gasteiger partial charge >= 0.3 is 0 Å². The third-order valence-electron chi connectivity index (χ3n) is 6.08. The quantitative estimate of drug-likeness (QED) is 0.358. The second-order valence-corrected chi connectivity index (χ2v) is 8.13. The number of aliphatic hydroxyl groups is 1. The summed E-state index contributed by atoms with van der Waals surface area (Å²) >= 11 is 0. The number of ether oxygens (including phenoxy) is 3. The number of aliphatic hydroxyl groups excluding tert-OH is 1. The Balaban J connectivity index is 1.71. The number of hydrogen-bond acceptors (Lipinski definition) is 7. The van der Waals surface area contributed by atoms with Crippen molar-refractivity contribution >= 4 is 23.1 Å². The highest BCUT2D eigenvalue weighted by Crippen LogP contribution is 2.45. The molecule has 3 aromatic rings. The van der Waals surface area contributed by atoms with Crippen LogP contribution in [0.1, 0.15) is 28.3 Å². The number of anilines is 1. The van der Waals surface area contributed by atoms with Crippen molar-refractivity contribution in [1.29, 1.82) is 0 Å². The molecule has 0 radical (unpaired) electrons. The Morgan fingerprint density at radius 2 is 1.88 bits per heavy atom. The molecule has 34 heavy (non-hydrogen) atoms. The summed E-state index contributed by atoms with van der Waals surface area (Å²) in [5.41, 5.74) is 2.97. The maximum atomic E-state index is 13.3. The van der Waals surface area contributed by atoms with Crippen LogP contribution in [0.25, 0.3) is 5.76 Å². The fourth-order valence-electron chi connectivity index (χ4n) is 4.40. The van der Waals surface area contributed by atoms with Crippen LogP contribution in [0.4, 0.5) is 5.69 Å². The van der Waals surface area contributed by atoms with E-state index in [-0.39, 0.29) is 18.1 Å². The molecule has 1 amide bonds. The third kappa shape index (κ3) is 3.35. The number of benzene rings is 2. The number of methoxy groups -OCH3 is 1. The molecule has 3 heterocycles. The Hall–Kier alpha value is -4.33. The number of carbonyl (C=O) groups is 2. The molecule has 0 spiro atoms. The van der Waals surface area contributed by atoms with Gasteiger partial charge in [0, 0.05) is 29.7 Å². The van der Waals surface area contributed by atoms with Gasteiger partial charge in [-0.1, -0.05) is 6.07 Å². The fourth-order valence-corrected chi connectivity index (χ4v) is 4.40. The van der Waals surface area contributed by atoms with Crippen LogP contribution in [0.3, 0.4) is 0 Å². The number of ketones is 1. The smallest absolute Gasteiger partial charge is 0.300 e. The summed E-state index contributed by atoms with van der Waals surface area (Å²) in [7, 11) is 1.57. The van der Waals surface area contributed by atoms with Crippen LogP contribution in [-0.4, -0.2) is 35.7 Å². The normalized spacial score (nSPS) is 18.4. The lowest BCUT2D eigenvalue weighted by atomic mass is 9.93. The van der Waals surface area contributed by atoms with E-state index in [0.717, 1.165) is 5.56 Å². The van der Waals surface area contributed by atoms with Crippen molar-refractivity contribution < 1.29 is 28.9 Å². The zero-order chi connectivity index (χ0) is 24.0. The number of pyridine rings is 1. The van der Waals surface area contributed by atoms with Gasteiger partial charge in [-0.2, -0.15) is 0 Å². The molecule has 1 saturated heterocycles. The third-order valence-corrected chi connectivity index (χ3v) is 6.08. The van der Waals surface area contributed by atoms with Crippen LogP contribution in [0.2, 0.25) is 0 Å². The van der Waals surface area contributed by atoms with Crippen molar-refractivity contribution in [2.45, 2.75) is 19.9 Å². The largest absolute Gasteiger partial charge is 0.507 e. The average Bonchev–Trinajstić information content (AvgIpc) is 3.42. The number of aromatic nitrogens is 1. The Morgan fingerprint density at radius 1 is 1.09 bits per heavy atom. The SMILES string of the molecule is COc1cc(C)c(/C(O)=C2\C(=O)C(=O)N(c3ccc4c(c3)OCO4)C2c2cccnc2)cc1C. The topological polar surface area (TPSA) is 98.2 Å². The molecule has 8 nitrogen and oxygen atoms in total. The maximum Gasteiger partial charge on any atom is 0.300 e. The van der Waals surface area contributed by atoms with E-state index in [0.29, 0.717) is 39.6 Å². The minimum absolute atomic E-state index is 0.0108. The van der Waals surface area contributed by atoms with Crippen molar-refractivity contribution in [1.82, 2.24) is 4.98 Å². The zero-order valence-electron chi connectivity index (χ0n) is 18.9. The summed E-state index contributed by atoms with van der Waals surface area (Å²) in [6, 6.07) is 11.2. The highest BCUT2D eigenvalue weighted by molar-refractivity contribution is 6.51. The minimum atomic E-state index is -0.879. The molecule has 5 rings (SSSR count). The molecular formula is C26H22N2O6. The Kier molecular flexibility index (Phi) is 5.20. The van der Waals surface area contributed by atoms with Crippen LogP contribution in [0, 0.1) is 13.8 Å². The van der Waals surface area contributed by atoms with Gasteiger partial charge in [-0.25, -0.2) is 0 Å². The lowest BCUT2D eigenvalue weighted by Gasteiger charge is -2.25. The van der Waals surface area contributed by atoms with Crippen molar-refractivity contribution in [2.24, 2.45) is 0 Å². The van der Waals surface area contributed by atoms with Crippen LogP contribution >= 0.6 is 0 Å². The van der Waals surface area contributed by atoms with Crippen molar-refractivity contribution in [3.8, 4) is 17.2 Å². The van der Waals surface area contributed by atoms with Gasteiger partial charge in [-0.15, -0.1) is 0 Å². The van der Waals surface area contributed by atoms with E-state index in [1.54, 1.807) is 62.0 Å². The molecule has 172 valence electrons. The summed E-state index contributed by atoms with van der Waals surface area (Å²) in [6.45, 7) is 3.74. The first kappa shape index (κ1) is 21.5. The van der Waals surface area contributed by atoms with Gasteiger partial charge in [0.25, 0.3) is 11.7 Å². The standard InChI is InChI=1S/C26H22N2O6/c1-14-10-20(32-3)15(2)9-18(14)24(29)22-23(16-5-4-8-27-12-16)28(26(31)25(22)30)17-6-7-19-21(11-17)34-13-33-19/h4-12,23,29H,13H2,1-3H3/b24-22+. The summed E-state index contributed by atoms with van der Waals surface area (Å²) in [5.74, 6) is -0.0834. The monoisotopic (exact) mass is 458 g/mol. The molecule has 1 fully saturated rings. The Bertz CT molecular complexity index is 1350. The number of amides is 1. The lowest BCUT2D eigenvalue weighted by molar-refractivity contribution is -0.132. The highest BCUT2D eigenvalue weighted by Gasteiger charge is 2.47. The van der Waals surface area contributed by atoms with Crippen LogP contribution in [-0.2, 0) is 9.59 Å². The molecule has 2 aliphatic rings. The van der Waals surface area contributed by atoms with E-state index in [9.17, 15) is 14.7 Å². The van der Waals surface area contributed by atoms with E-state index >= 15 is 0 Å². The van der Waals surface area contributed by atoms with Gasteiger partial charge in [0.05, 0.1) is 18.7 Å². The summed E-state index contributed by atoms with van der Waals surface area (Å²) in [4.78, 5) is 32.2. The van der Waals surface area contributed by atoms with E-state index in [1.807, 2.05) is 13.8 Å². The van der Waals surface area contributed by atoms with Gasteiger partial charge in [-0.05, 0) is 60.9 Å². The molecule has 0 saturated carbocycles. The number of nitrogens with zero attached hydrogens (tertiary/aromatic N) is 2. The molecular weight excluding hydrogens is 436 g/mol. The number of Topliss-reactive ketones (excluding diaryl/α,β-unsaturated/α-hetero) is 1. The lowest BCUT2D eigenvalue weighted by Crippen LogP contribution is -2.29. The van der Waals surface area contributed by atoms with Crippen LogP contribution < -0.4 is 19.1 Å².